The fourth-order valence-electron chi connectivity index (χ4n) is 2.38. The highest BCUT2D eigenvalue weighted by Gasteiger charge is 2.24. The molecule has 0 unspecified atom stereocenters. The summed E-state index contributed by atoms with van der Waals surface area (Å²) >= 11 is 6.23. The van der Waals surface area contributed by atoms with Crippen LogP contribution in [0.15, 0.2) is 54.6 Å². The van der Waals surface area contributed by atoms with Crippen molar-refractivity contribution in [1.29, 1.82) is 0 Å². The Morgan fingerprint density at radius 2 is 1.62 bits per heavy atom. The van der Waals surface area contributed by atoms with Crippen LogP contribution in [0.2, 0.25) is 5.02 Å². The average molecular weight is 346 g/mol. The van der Waals surface area contributed by atoms with Gasteiger partial charge in [-0.3, -0.25) is 15.4 Å². The van der Waals surface area contributed by atoms with Gasteiger partial charge in [0.15, 0.2) is 0 Å². The molecule has 0 saturated heterocycles. The van der Waals surface area contributed by atoms with Gasteiger partial charge in [-0.15, -0.1) is 0 Å². The number of halogens is 1. The molecular weight excluding hydrogens is 326 g/mol. The summed E-state index contributed by atoms with van der Waals surface area (Å²) in [4.78, 5) is 24.0. The molecule has 2 aromatic carbocycles. The number of benzene rings is 2. The molecule has 6 heteroatoms. The number of imide groups is 1. The second kappa shape index (κ2) is 8.47. The number of carbonyl (C=O) groups excluding carboxylic acids is 2. The number of rotatable bonds is 5. The number of hydrogen-bond acceptors (Lipinski definition) is 3. The van der Waals surface area contributed by atoms with Crippen LogP contribution in [0, 0.1) is 0 Å². The lowest BCUT2D eigenvalue weighted by atomic mass is 10.0. The first-order chi connectivity index (χ1) is 11.5. The van der Waals surface area contributed by atoms with E-state index in [-0.39, 0.29) is 6.04 Å². The van der Waals surface area contributed by atoms with Gasteiger partial charge in [0.25, 0.3) is 0 Å². The summed E-state index contributed by atoms with van der Waals surface area (Å²) in [7, 11) is 1.46. The average Bonchev–Trinajstić information content (AvgIpc) is 2.60. The van der Waals surface area contributed by atoms with E-state index in [1.165, 1.54) is 7.05 Å². The van der Waals surface area contributed by atoms with E-state index in [9.17, 15) is 9.59 Å². The second-order valence-electron chi connectivity index (χ2n) is 5.32. The summed E-state index contributed by atoms with van der Waals surface area (Å²) in [5.41, 5.74) is 1.64. The summed E-state index contributed by atoms with van der Waals surface area (Å²) in [6, 6.07) is 15.3. The van der Waals surface area contributed by atoms with Crippen molar-refractivity contribution in [2.24, 2.45) is 0 Å². The maximum Gasteiger partial charge on any atom is 0.321 e. The van der Waals surface area contributed by atoms with E-state index in [4.69, 9.17) is 11.6 Å². The molecule has 2 atom stereocenters. The van der Waals surface area contributed by atoms with Crippen molar-refractivity contribution < 1.29 is 9.59 Å². The summed E-state index contributed by atoms with van der Waals surface area (Å²) in [6.07, 6.45) is 0. The van der Waals surface area contributed by atoms with Gasteiger partial charge < -0.3 is 5.32 Å². The van der Waals surface area contributed by atoms with Crippen LogP contribution in [0.3, 0.4) is 0 Å². The highest BCUT2D eigenvalue weighted by Crippen LogP contribution is 2.25. The van der Waals surface area contributed by atoms with Crippen LogP contribution in [0.5, 0.6) is 0 Å². The van der Waals surface area contributed by atoms with E-state index in [1.807, 2.05) is 55.5 Å². The van der Waals surface area contributed by atoms with Crippen LogP contribution in [-0.4, -0.2) is 19.0 Å². The molecule has 2 rings (SSSR count). The maximum atomic E-state index is 12.5. The first kappa shape index (κ1) is 18.0. The minimum Gasteiger partial charge on any atom is -0.341 e. The Hall–Kier alpha value is -2.37. The Labute approximate surface area is 146 Å². The number of hydrogen-bond donors (Lipinski definition) is 3. The lowest BCUT2D eigenvalue weighted by Crippen LogP contribution is -2.44. The molecule has 0 aromatic heterocycles. The molecule has 5 nitrogen and oxygen atoms in total. The van der Waals surface area contributed by atoms with Crippen LogP contribution < -0.4 is 16.0 Å². The third-order valence-corrected chi connectivity index (χ3v) is 3.99. The molecule has 0 radical (unpaired) electrons. The molecule has 0 fully saturated rings. The Morgan fingerprint density at radius 3 is 2.25 bits per heavy atom. The SMILES string of the molecule is CNC(=O)NC(=O)[C@@H](N[C@H](C)c1ccccc1Cl)c1ccccc1. The Balaban J connectivity index is 2.24. The minimum absolute atomic E-state index is 0.181. The summed E-state index contributed by atoms with van der Waals surface area (Å²) in [5.74, 6) is -0.431. The maximum absolute atomic E-state index is 12.5. The number of carbonyl (C=O) groups is 2. The number of nitrogens with one attached hydrogen (secondary N) is 3. The fraction of sp³-hybridized carbons (Fsp3) is 0.222. The van der Waals surface area contributed by atoms with Gasteiger partial charge in [0, 0.05) is 18.1 Å². The van der Waals surface area contributed by atoms with Crippen molar-refractivity contribution in [2.75, 3.05) is 7.05 Å². The van der Waals surface area contributed by atoms with Gasteiger partial charge in [-0.05, 0) is 24.1 Å². The van der Waals surface area contributed by atoms with Crippen LogP contribution >= 0.6 is 11.6 Å². The molecule has 0 aliphatic rings. The Morgan fingerprint density at radius 1 is 1.00 bits per heavy atom. The first-order valence-corrected chi connectivity index (χ1v) is 7.98. The smallest absolute Gasteiger partial charge is 0.321 e. The van der Waals surface area contributed by atoms with Crippen molar-refractivity contribution in [1.82, 2.24) is 16.0 Å². The quantitative estimate of drug-likeness (QED) is 0.779. The highest BCUT2D eigenvalue weighted by atomic mass is 35.5. The summed E-state index contributed by atoms with van der Waals surface area (Å²) < 4.78 is 0. The van der Waals surface area contributed by atoms with Gasteiger partial charge in [0.05, 0.1) is 0 Å². The van der Waals surface area contributed by atoms with Crippen molar-refractivity contribution >= 4 is 23.5 Å². The van der Waals surface area contributed by atoms with Gasteiger partial charge in [0.2, 0.25) is 5.91 Å². The van der Waals surface area contributed by atoms with Gasteiger partial charge in [-0.25, -0.2) is 4.79 Å². The lowest BCUT2D eigenvalue weighted by molar-refractivity contribution is -0.122. The van der Waals surface area contributed by atoms with Crippen molar-refractivity contribution in [3.63, 3.8) is 0 Å². The molecular formula is C18H20ClN3O2. The fourth-order valence-corrected chi connectivity index (χ4v) is 2.68. The summed E-state index contributed by atoms with van der Waals surface area (Å²) in [5, 5.41) is 8.56. The van der Waals surface area contributed by atoms with Gasteiger partial charge in [-0.2, -0.15) is 0 Å². The topological polar surface area (TPSA) is 70.2 Å². The van der Waals surface area contributed by atoms with Crippen molar-refractivity contribution in [3.8, 4) is 0 Å². The van der Waals surface area contributed by atoms with Crippen LogP contribution in [0.4, 0.5) is 4.79 Å². The van der Waals surface area contributed by atoms with E-state index >= 15 is 0 Å². The van der Waals surface area contributed by atoms with Gasteiger partial charge >= 0.3 is 6.03 Å². The molecule has 126 valence electrons. The molecule has 0 bridgehead atoms. The monoisotopic (exact) mass is 345 g/mol. The zero-order valence-corrected chi connectivity index (χ0v) is 14.3. The number of amides is 3. The predicted molar refractivity (Wildman–Crippen MR) is 94.8 cm³/mol. The normalized spacial score (nSPS) is 13.0. The molecule has 0 saturated carbocycles. The molecule has 0 heterocycles. The summed E-state index contributed by atoms with van der Waals surface area (Å²) in [6.45, 7) is 1.92. The van der Waals surface area contributed by atoms with Gasteiger partial charge in [0.1, 0.15) is 6.04 Å². The zero-order valence-electron chi connectivity index (χ0n) is 13.5. The molecule has 3 N–H and O–H groups in total. The lowest BCUT2D eigenvalue weighted by Gasteiger charge is -2.23. The number of urea groups is 1. The third-order valence-electron chi connectivity index (χ3n) is 3.65. The Bertz CT molecular complexity index is 706. The van der Waals surface area contributed by atoms with E-state index in [0.29, 0.717) is 5.02 Å². The standard InChI is InChI=1S/C18H20ClN3O2/c1-12(14-10-6-7-11-15(14)19)21-16(13-8-4-3-5-9-13)17(23)22-18(24)20-2/h3-12,16,21H,1-2H3,(H2,20,22,23,24)/t12-,16+/m1/s1. The van der Waals surface area contributed by atoms with Crippen LogP contribution in [0.25, 0.3) is 0 Å². The molecule has 24 heavy (non-hydrogen) atoms. The molecule has 0 aliphatic heterocycles. The van der Waals surface area contributed by atoms with Crippen molar-refractivity contribution in [2.45, 2.75) is 19.0 Å². The van der Waals surface area contributed by atoms with Crippen LogP contribution in [-0.2, 0) is 4.79 Å². The van der Waals surface area contributed by atoms with E-state index in [2.05, 4.69) is 16.0 Å². The van der Waals surface area contributed by atoms with E-state index < -0.39 is 18.0 Å². The predicted octanol–water partition coefficient (Wildman–Crippen LogP) is 3.19. The van der Waals surface area contributed by atoms with Gasteiger partial charge in [-0.1, -0.05) is 60.1 Å². The first-order valence-electron chi connectivity index (χ1n) is 7.61. The largest absolute Gasteiger partial charge is 0.341 e. The molecule has 0 spiro atoms. The van der Waals surface area contributed by atoms with E-state index in [1.54, 1.807) is 6.07 Å². The second-order valence-corrected chi connectivity index (χ2v) is 5.73. The third kappa shape index (κ3) is 4.57. The molecule has 3 amide bonds. The zero-order chi connectivity index (χ0) is 17.5. The molecule has 0 aliphatic carbocycles. The van der Waals surface area contributed by atoms with Crippen LogP contribution in [0.1, 0.15) is 30.1 Å². The van der Waals surface area contributed by atoms with Crippen molar-refractivity contribution in [3.05, 3.63) is 70.7 Å². The molecule has 2 aromatic rings. The Kier molecular flexibility index (Phi) is 6.35. The minimum atomic E-state index is -0.685. The highest BCUT2D eigenvalue weighted by molar-refractivity contribution is 6.31. The van der Waals surface area contributed by atoms with E-state index in [0.717, 1.165) is 11.1 Å².